The molecule has 1 saturated heterocycles. The van der Waals surface area contributed by atoms with E-state index in [9.17, 15) is 9.90 Å². The molecule has 1 aliphatic heterocycles. The van der Waals surface area contributed by atoms with E-state index in [0.29, 0.717) is 24.4 Å². The molecular formula is C19H25N3O3. The van der Waals surface area contributed by atoms with Crippen molar-refractivity contribution in [3.8, 4) is 5.75 Å². The van der Waals surface area contributed by atoms with Gasteiger partial charge in [0.05, 0.1) is 13.7 Å². The van der Waals surface area contributed by atoms with Crippen molar-refractivity contribution in [3.05, 3.63) is 47.8 Å². The molecular weight excluding hydrogens is 318 g/mol. The Morgan fingerprint density at radius 2 is 2.08 bits per heavy atom. The van der Waals surface area contributed by atoms with E-state index in [1.807, 2.05) is 38.1 Å². The summed E-state index contributed by atoms with van der Waals surface area (Å²) in [5.74, 6) is 0.547. The maximum atomic E-state index is 13.0. The number of piperidine rings is 1. The molecule has 25 heavy (non-hydrogen) atoms. The summed E-state index contributed by atoms with van der Waals surface area (Å²) in [5, 5.41) is 15.5. The van der Waals surface area contributed by atoms with E-state index >= 15 is 0 Å². The minimum Gasteiger partial charge on any atom is -0.496 e. The number of ether oxygens (including phenoxy) is 1. The smallest absolute Gasteiger partial charge is 0.272 e. The Morgan fingerprint density at radius 3 is 2.80 bits per heavy atom. The first-order valence-corrected chi connectivity index (χ1v) is 8.65. The standard InChI is InChI=1S/C19H25N3O3/c1-14(2)22-16(9-11-20-22)18(23)21-12-6-10-19(24,13-21)15-7-4-5-8-17(15)25-3/h4-5,7-9,11,14,24H,6,10,12-13H2,1-3H3/t19-/m1/s1. The van der Waals surface area contributed by atoms with Crippen LogP contribution in [0, 0.1) is 0 Å². The highest BCUT2D eigenvalue weighted by molar-refractivity contribution is 5.92. The largest absolute Gasteiger partial charge is 0.496 e. The Hall–Kier alpha value is -2.34. The molecule has 3 rings (SSSR count). The van der Waals surface area contributed by atoms with Gasteiger partial charge in [-0.05, 0) is 38.8 Å². The predicted molar refractivity (Wildman–Crippen MR) is 94.6 cm³/mol. The molecule has 0 saturated carbocycles. The van der Waals surface area contributed by atoms with Crippen LogP contribution in [0.1, 0.15) is 48.8 Å². The molecule has 1 amide bonds. The van der Waals surface area contributed by atoms with Crippen LogP contribution < -0.4 is 4.74 Å². The first-order valence-electron chi connectivity index (χ1n) is 8.65. The summed E-state index contributed by atoms with van der Waals surface area (Å²) in [5.41, 5.74) is 0.176. The number of carbonyl (C=O) groups excluding carboxylic acids is 1. The highest BCUT2D eigenvalue weighted by Crippen LogP contribution is 2.37. The quantitative estimate of drug-likeness (QED) is 0.926. The normalized spacial score (nSPS) is 20.8. The molecule has 0 bridgehead atoms. The minimum atomic E-state index is -1.11. The van der Waals surface area contributed by atoms with Gasteiger partial charge >= 0.3 is 0 Å². The molecule has 134 valence electrons. The van der Waals surface area contributed by atoms with Crippen molar-refractivity contribution in [3.63, 3.8) is 0 Å². The maximum absolute atomic E-state index is 13.0. The second-order valence-corrected chi connectivity index (χ2v) is 6.82. The van der Waals surface area contributed by atoms with Crippen molar-refractivity contribution in [2.75, 3.05) is 20.2 Å². The second kappa shape index (κ2) is 6.88. The summed E-state index contributed by atoms with van der Waals surface area (Å²) >= 11 is 0. The van der Waals surface area contributed by atoms with E-state index in [1.54, 1.807) is 29.0 Å². The van der Waals surface area contributed by atoms with Gasteiger partial charge in [-0.3, -0.25) is 9.48 Å². The molecule has 1 atom stereocenters. The Labute approximate surface area is 148 Å². The Balaban J connectivity index is 1.88. The number of carbonyl (C=O) groups is 1. The summed E-state index contributed by atoms with van der Waals surface area (Å²) in [7, 11) is 1.59. The summed E-state index contributed by atoms with van der Waals surface area (Å²) in [4.78, 5) is 14.7. The summed E-state index contributed by atoms with van der Waals surface area (Å²) in [6, 6.07) is 9.29. The van der Waals surface area contributed by atoms with Gasteiger partial charge in [0.25, 0.3) is 5.91 Å². The summed E-state index contributed by atoms with van der Waals surface area (Å²) < 4.78 is 7.13. The van der Waals surface area contributed by atoms with Gasteiger partial charge in [-0.2, -0.15) is 5.10 Å². The summed E-state index contributed by atoms with van der Waals surface area (Å²) in [6.45, 7) is 4.85. The monoisotopic (exact) mass is 343 g/mol. The first-order chi connectivity index (χ1) is 12.0. The van der Waals surface area contributed by atoms with E-state index in [4.69, 9.17) is 4.74 Å². The van der Waals surface area contributed by atoms with Crippen LogP contribution in [0.5, 0.6) is 5.75 Å². The predicted octanol–water partition coefficient (Wildman–Crippen LogP) is 2.60. The minimum absolute atomic E-state index is 0.0979. The first kappa shape index (κ1) is 17.5. The number of hydrogen-bond acceptors (Lipinski definition) is 4. The van der Waals surface area contributed by atoms with E-state index in [2.05, 4.69) is 5.10 Å². The van der Waals surface area contributed by atoms with Crippen molar-refractivity contribution < 1.29 is 14.6 Å². The zero-order chi connectivity index (χ0) is 18.0. The number of nitrogens with zero attached hydrogens (tertiary/aromatic N) is 3. The molecule has 0 aliphatic carbocycles. The molecule has 1 N–H and O–H groups in total. The summed E-state index contributed by atoms with van der Waals surface area (Å²) in [6.07, 6.45) is 2.97. The number of hydrogen-bond donors (Lipinski definition) is 1. The fraction of sp³-hybridized carbons (Fsp3) is 0.474. The average molecular weight is 343 g/mol. The molecule has 2 heterocycles. The molecule has 2 aromatic rings. The van der Waals surface area contributed by atoms with Crippen LogP contribution in [0.3, 0.4) is 0 Å². The number of para-hydroxylation sites is 1. The van der Waals surface area contributed by atoms with Crippen molar-refractivity contribution in [2.45, 2.75) is 38.3 Å². The number of benzene rings is 1. The van der Waals surface area contributed by atoms with Crippen LogP contribution in [-0.2, 0) is 5.60 Å². The number of amides is 1. The number of aromatic nitrogens is 2. The van der Waals surface area contributed by atoms with Crippen LogP contribution in [0.15, 0.2) is 36.5 Å². The lowest BCUT2D eigenvalue weighted by Crippen LogP contribution is -2.49. The van der Waals surface area contributed by atoms with Crippen molar-refractivity contribution in [1.29, 1.82) is 0 Å². The van der Waals surface area contributed by atoms with E-state index in [-0.39, 0.29) is 18.5 Å². The molecule has 0 spiro atoms. The van der Waals surface area contributed by atoms with Crippen LogP contribution in [-0.4, -0.2) is 45.9 Å². The maximum Gasteiger partial charge on any atom is 0.272 e. The average Bonchev–Trinajstić information content (AvgIpc) is 3.11. The fourth-order valence-electron chi connectivity index (χ4n) is 3.52. The molecule has 1 aromatic carbocycles. The van der Waals surface area contributed by atoms with Crippen molar-refractivity contribution in [1.82, 2.24) is 14.7 Å². The highest BCUT2D eigenvalue weighted by Gasteiger charge is 2.39. The lowest BCUT2D eigenvalue weighted by Gasteiger charge is -2.40. The van der Waals surface area contributed by atoms with Crippen LogP contribution in [0.4, 0.5) is 0 Å². The van der Waals surface area contributed by atoms with Gasteiger partial charge in [-0.1, -0.05) is 18.2 Å². The number of methoxy groups -OCH3 is 1. The van der Waals surface area contributed by atoms with Crippen LogP contribution in [0.25, 0.3) is 0 Å². The molecule has 1 fully saturated rings. The van der Waals surface area contributed by atoms with Crippen LogP contribution >= 0.6 is 0 Å². The third-order valence-corrected chi connectivity index (χ3v) is 4.74. The molecule has 0 unspecified atom stereocenters. The van der Waals surface area contributed by atoms with Gasteiger partial charge in [0.15, 0.2) is 0 Å². The Morgan fingerprint density at radius 1 is 1.32 bits per heavy atom. The van der Waals surface area contributed by atoms with Crippen molar-refractivity contribution in [2.24, 2.45) is 0 Å². The topological polar surface area (TPSA) is 67.6 Å². The molecule has 6 heteroatoms. The zero-order valence-electron chi connectivity index (χ0n) is 15.0. The van der Waals surface area contributed by atoms with E-state index < -0.39 is 5.60 Å². The van der Waals surface area contributed by atoms with E-state index in [1.165, 1.54) is 0 Å². The van der Waals surface area contributed by atoms with Crippen molar-refractivity contribution >= 4 is 5.91 Å². The van der Waals surface area contributed by atoms with Gasteiger partial charge in [0, 0.05) is 24.3 Å². The number of β-amino-alcohol motifs (C(OH)–C–C–N with tert-alkyl or cyclic N) is 1. The van der Waals surface area contributed by atoms with Gasteiger partial charge in [0.1, 0.15) is 17.0 Å². The zero-order valence-corrected chi connectivity index (χ0v) is 15.0. The molecule has 1 aliphatic rings. The molecule has 6 nitrogen and oxygen atoms in total. The third kappa shape index (κ3) is 3.26. The lowest BCUT2D eigenvalue weighted by atomic mass is 9.85. The third-order valence-electron chi connectivity index (χ3n) is 4.74. The highest BCUT2D eigenvalue weighted by atomic mass is 16.5. The molecule has 0 radical (unpaired) electrons. The SMILES string of the molecule is COc1ccccc1[C@@]1(O)CCCN(C(=O)c2ccnn2C(C)C)C1. The second-order valence-electron chi connectivity index (χ2n) is 6.82. The molecule has 1 aromatic heterocycles. The van der Waals surface area contributed by atoms with E-state index in [0.717, 1.165) is 12.0 Å². The van der Waals surface area contributed by atoms with Gasteiger partial charge < -0.3 is 14.7 Å². The lowest BCUT2D eigenvalue weighted by molar-refractivity contribution is -0.0306. The number of aliphatic hydroxyl groups is 1. The van der Waals surface area contributed by atoms with Gasteiger partial charge in [0.2, 0.25) is 0 Å². The Bertz CT molecular complexity index is 756. The van der Waals surface area contributed by atoms with Gasteiger partial charge in [-0.25, -0.2) is 0 Å². The fourth-order valence-corrected chi connectivity index (χ4v) is 3.52. The number of likely N-dealkylation sites (tertiary alicyclic amines) is 1. The number of rotatable bonds is 4. The van der Waals surface area contributed by atoms with Crippen LogP contribution in [0.2, 0.25) is 0 Å². The van der Waals surface area contributed by atoms with Gasteiger partial charge in [-0.15, -0.1) is 0 Å². The Kier molecular flexibility index (Phi) is 4.81.